The first-order chi connectivity index (χ1) is 42.4. The third-order valence-electron chi connectivity index (χ3n) is 18.5. The van der Waals surface area contributed by atoms with Crippen molar-refractivity contribution in [3.05, 3.63) is 269 Å². The number of halogens is 6. The zero-order valence-electron chi connectivity index (χ0n) is 52.9. The molecule has 2 aliphatic carbocycles. The van der Waals surface area contributed by atoms with Gasteiger partial charge in [-0.2, -0.15) is 9.15 Å². The molecule has 5 heterocycles. The second-order valence-electron chi connectivity index (χ2n) is 25.3. The predicted octanol–water partition coefficient (Wildman–Crippen LogP) is 15.8. The summed E-state index contributed by atoms with van der Waals surface area (Å²) in [6.45, 7) is 20.1. The van der Waals surface area contributed by atoms with Crippen molar-refractivity contribution in [1.82, 2.24) is 10.6 Å². The SMILES string of the molecule is C.C.C.C.CC1(C)C(/C=C/C2=C(NC3=C(N)CSC3)C(=C/C=C3/N(/C=C/Br)c4ccccc4C3(C)C)/CCC2)=[N+](/C=C/Br)c2ccccc21.CC1(C)C(/C=C/C2=C(NCCCN)C(=C/C=C3/N(/C=C/Br)c4ccccc4C3(C)C)/CCC2)=[N+](/C=C/Br)c2ccccc21.[Br-].[Br-]. The number of benzene rings is 4. The van der Waals surface area contributed by atoms with E-state index >= 15 is 0 Å². The highest BCUT2D eigenvalue weighted by Gasteiger charge is 2.46. The second-order valence-corrected chi connectivity index (χ2v) is 28.4. The molecule has 0 atom stereocenters. The summed E-state index contributed by atoms with van der Waals surface area (Å²) >= 11 is 16.0. The third-order valence-corrected chi connectivity index (χ3v) is 20.4. The normalized spacial score (nSPS) is 20.6. The number of nitrogens with two attached hydrogens (primary N) is 2. The molecule has 0 aromatic heterocycles. The van der Waals surface area contributed by atoms with Crippen molar-refractivity contribution in [2.24, 2.45) is 11.5 Å². The van der Waals surface area contributed by atoms with Crippen molar-refractivity contribution in [3.63, 3.8) is 0 Å². The van der Waals surface area contributed by atoms with Gasteiger partial charge in [0.25, 0.3) is 0 Å². The molecule has 0 amide bonds. The Labute approximate surface area is 624 Å². The molecule has 0 unspecified atom stereocenters. The fourth-order valence-electron chi connectivity index (χ4n) is 13.8. The lowest BCUT2D eigenvalue weighted by molar-refractivity contribution is -0.356. The Kier molecular flexibility index (Phi) is 30.8. The molecule has 0 fully saturated rings. The third kappa shape index (κ3) is 16.4. The maximum atomic E-state index is 6.49. The van der Waals surface area contributed by atoms with E-state index in [1.807, 2.05) is 31.7 Å². The van der Waals surface area contributed by atoms with Crippen LogP contribution in [0.5, 0.6) is 0 Å². The molecule has 4 aromatic carbocycles. The first-order valence-electron chi connectivity index (χ1n) is 30.7. The quantitative estimate of drug-likeness (QED) is 0.0657. The summed E-state index contributed by atoms with van der Waals surface area (Å²) in [5.41, 5.74) is 37.1. The van der Waals surface area contributed by atoms with E-state index in [0.29, 0.717) is 6.54 Å². The largest absolute Gasteiger partial charge is 1.00 e. The van der Waals surface area contributed by atoms with Crippen molar-refractivity contribution in [2.45, 2.75) is 152 Å². The number of hydrogen-bond acceptors (Lipinski definition) is 7. The number of nitrogens with one attached hydrogen (secondary N) is 2. The van der Waals surface area contributed by atoms with Crippen molar-refractivity contribution < 1.29 is 43.1 Å². The smallest absolute Gasteiger partial charge is 0.215 e. The van der Waals surface area contributed by atoms with Gasteiger partial charge in [-0.05, 0) is 147 Å². The van der Waals surface area contributed by atoms with Gasteiger partial charge in [0.1, 0.15) is 0 Å². The average Bonchev–Trinajstić information content (AvgIpc) is 1.62. The maximum Gasteiger partial charge on any atom is 0.215 e. The van der Waals surface area contributed by atoms with Crippen molar-refractivity contribution in [3.8, 4) is 0 Å². The number of rotatable bonds is 16. The highest BCUT2D eigenvalue weighted by molar-refractivity contribution is 9.11. The topological polar surface area (TPSA) is 88.6 Å². The number of allylic oxidation sites excluding steroid dienone is 14. The van der Waals surface area contributed by atoms with Crippen molar-refractivity contribution in [1.29, 1.82) is 0 Å². The molecule has 4 aromatic rings. The monoisotopic (exact) mass is 1670 g/mol. The summed E-state index contributed by atoms with van der Waals surface area (Å²) in [6.07, 6.45) is 34.4. The van der Waals surface area contributed by atoms with Gasteiger partial charge in [-0.15, -0.1) is 11.8 Å². The van der Waals surface area contributed by atoms with Gasteiger partial charge >= 0.3 is 0 Å². The molecule has 94 heavy (non-hydrogen) atoms. The van der Waals surface area contributed by atoms with Gasteiger partial charge in [0.15, 0.2) is 23.8 Å². The Hall–Kier alpha value is -4.97. The van der Waals surface area contributed by atoms with E-state index in [4.69, 9.17) is 11.5 Å². The van der Waals surface area contributed by atoms with E-state index in [2.05, 4.69) is 319 Å². The maximum absolute atomic E-state index is 6.49. The summed E-state index contributed by atoms with van der Waals surface area (Å²) in [6, 6.07) is 34.8. The van der Waals surface area contributed by atoms with Gasteiger partial charge in [0.05, 0.1) is 10.8 Å². The Bertz CT molecular complexity index is 3860. The number of para-hydroxylation sites is 4. The van der Waals surface area contributed by atoms with Crippen LogP contribution in [0.2, 0.25) is 0 Å². The lowest BCUT2D eigenvalue weighted by Crippen LogP contribution is -3.00. The Morgan fingerprint density at radius 2 is 0.926 bits per heavy atom. The van der Waals surface area contributed by atoms with Crippen LogP contribution in [0.25, 0.3) is 0 Å². The zero-order valence-corrected chi connectivity index (χ0v) is 63.2. The van der Waals surface area contributed by atoms with Crippen LogP contribution in [0.15, 0.2) is 247 Å². The van der Waals surface area contributed by atoms with E-state index in [9.17, 15) is 0 Å². The van der Waals surface area contributed by atoms with E-state index in [0.717, 1.165) is 74.4 Å². The van der Waals surface area contributed by atoms with Crippen LogP contribution in [-0.2, 0) is 21.7 Å². The lowest BCUT2D eigenvalue weighted by atomic mass is 9.81. The highest BCUT2D eigenvalue weighted by atomic mass is 79.9. The van der Waals surface area contributed by atoms with Gasteiger partial charge in [0.2, 0.25) is 11.4 Å². The molecule has 0 bridgehead atoms. The molecule has 504 valence electrons. The first kappa shape index (κ1) is 81.5. The average molecular weight is 1670 g/mol. The number of thioether (sulfide) groups is 1. The predicted molar refractivity (Wildman–Crippen MR) is 418 cm³/mol. The van der Waals surface area contributed by atoms with Crippen LogP contribution in [0.4, 0.5) is 22.7 Å². The van der Waals surface area contributed by atoms with Crippen molar-refractivity contribution >= 4 is 110 Å². The Balaban J connectivity index is 0.000000377. The Morgan fingerprint density at radius 3 is 1.34 bits per heavy atom. The highest BCUT2D eigenvalue weighted by Crippen LogP contribution is 2.50. The van der Waals surface area contributed by atoms with Crippen LogP contribution in [-0.4, -0.2) is 45.2 Å². The van der Waals surface area contributed by atoms with Crippen LogP contribution in [0.1, 0.15) is 152 Å². The summed E-state index contributed by atoms with van der Waals surface area (Å²) in [5.74, 6) is 1.79. The standard InChI is InChI=1S/C38H40Br2N4S.C37H42Br2N4.4CH4.2BrH/c1-37(2)28-12-5-7-14-32(28)43(22-20-39)34(37)18-16-26-10-9-11-27(36(26)42-31-25-45-24-30(31)41)17-19-35-38(3,4)29-13-6-8-15-33(29)44(35)23-21-40;1-36(2)29-13-5-7-15-31(29)42(25-21-38)33(36)19-17-27-11-9-12-28(35(27)41-24-10-23-40)18-20-34-37(3,4)30-14-6-8-16-32(30)43(34)26-22-39;;;;;;/h5-8,12-23H,9-11,24-25,41H2,1-4H3;5-8,13-22,25-26H,9-12,23-24,40H2,1-4H3;4*1H4;2*1H/b22-20+,23-21+,26-16+,34-18+;25-21+,26-22+,27-17+,33-19+;;;;;;. The van der Waals surface area contributed by atoms with Gasteiger partial charge in [-0.3, -0.25) is 0 Å². The summed E-state index contributed by atoms with van der Waals surface area (Å²) in [4.78, 5) is 12.3. The van der Waals surface area contributed by atoms with Gasteiger partial charge in [0, 0.05) is 132 Å². The summed E-state index contributed by atoms with van der Waals surface area (Å²) < 4.78 is 4.61. The fourth-order valence-corrected chi connectivity index (χ4v) is 15.7. The van der Waals surface area contributed by atoms with Crippen LogP contribution >= 0.6 is 75.5 Å². The number of fused-ring (bicyclic) bond motifs is 4. The summed E-state index contributed by atoms with van der Waals surface area (Å²) in [5, 5.41) is 7.65. The van der Waals surface area contributed by atoms with Gasteiger partial charge in [-0.25, -0.2) is 0 Å². The first-order valence-corrected chi connectivity index (χ1v) is 35.5. The number of nitrogens with zero attached hydrogens (tertiary/aromatic N) is 4. The molecular formula is C79H100Br6N8S. The summed E-state index contributed by atoms with van der Waals surface area (Å²) in [7, 11) is 0. The minimum absolute atomic E-state index is 0. The molecule has 7 aliphatic rings. The zero-order chi connectivity index (χ0) is 62.4. The minimum atomic E-state index is -0.129. The van der Waals surface area contributed by atoms with Crippen molar-refractivity contribution in [2.75, 3.05) is 34.4 Å². The number of anilines is 2. The van der Waals surface area contributed by atoms with Gasteiger partial charge < -0.3 is 65.9 Å². The molecule has 15 heteroatoms. The van der Waals surface area contributed by atoms with Crippen LogP contribution in [0, 0.1) is 0 Å². The van der Waals surface area contributed by atoms with Crippen LogP contribution in [0.3, 0.4) is 0 Å². The van der Waals surface area contributed by atoms with Crippen LogP contribution < -0.4 is 65.9 Å². The molecule has 8 nitrogen and oxygen atoms in total. The van der Waals surface area contributed by atoms with E-state index < -0.39 is 0 Å². The molecule has 0 radical (unpaired) electrons. The molecule has 0 saturated heterocycles. The van der Waals surface area contributed by atoms with Gasteiger partial charge in [-0.1, -0.05) is 218 Å². The molecule has 0 saturated carbocycles. The van der Waals surface area contributed by atoms with E-state index in [1.54, 1.807) is 0 Å². The van der Waals surface area contributed by atoms with E-state index in [-0.39, 0.29) is 85.3 Å². The number of hydrogen-bond donors (Lipinski definition) is 4. The Morgan fingerprint density at radius 1 is 0.511 bits per heavy atom. The van der Waals surface area contributed by atoms with E-state index in [1.165, 1.54) is 102 Å². The lowest BCUT2D eigenvalue weighted by Gasteiger charge is -2.26. The molecule has 5 aliphatic heterocycles. The molecule has 11 rings (SSSR count). The minimum Gasteiger partial charge on any atom is -1.00 e. The molecule has 6 N–H and O–H groups in total. The molecular weight excluding hydrogens is 1570 g/mol. The fraction of sp³-hybridized carbons (Fsp3) is 0.342. The second kappa shape index (κ2) is 35.5. The molecule has 0 spiro atoms.